The van der Waals surface area contributed by atoms with Crippen molar-refractivity contribution in [2.45, 2.75) is 12.6 Å². The van der Waals surface area contributed by atoms with Crippen LogP contribution in [0, 0.1) is 0 Å². The Bertz CT molecular complexity index is 952. The lowest BCUT2D eigenvalue weighted by Gasteiger charge is -2.09. The molecule has 0 aliphatic heterocycles. The van der Waals surface area contributed by atoms with Gasteiger partial charge in [0.15, 0.2) is 5.69 Å². The highest BCUT2D eigenvalue weighted by molar-refractivity contribution is 14.0. The summed E-state index contributed by atoms with van der Waals surface area (Å²) in [5.74, 6) is -0.964. The quantitative estimate of drug-likeness (QED) is 0.392. The van der Waals surface area contributed by atoms with E-state index >= 15 is 0 Å². The molecule has 0 spiro atoms. The third kappa shape index (κ3) is 4.47. The summed E-state index contributed by atoms with van der Waals surface area (Å²) in [4.78, 5) is 12.0. The maximum absolute atomic E-state index is 12.9. The van der Waals surface area contributed by atoms with Crippen LogP contribution < -0.4 is 16.8 Å². The smallest absolute Gasteiger partial charge is 0.365 e. The molecule has 13 heteroatoms. The van der Waals surface area contributed by atoms with E-state index in [-0.39, 0.29) is 47.0 Å². The van der Waals surface area contributed by atoms with Crippen LogP contribution in [-0.2, 0) is 6.18 Å². The van der Waals surface area contributed by atoms with E-state index in [1.807, 2.05) is 0 Å². The van der Waals surface area contributed by atoms with Crippen LogP contribution >= 0.6 is 24.0 Å². The van der Waals surface area contributed by atoms with Crippen LogP contribution in [0.25, 0.3) is 17.2 Å². The van der Waals surface area contributed by atoms with Crippen molar-refractivity contribution in [3.63, 3.8) is 0 Å². The van der Waals surface area contributed by atoms with Gasteiger partial charge in [-0.15, -0.1) is 24.0 Å². The molecule has 2 aromatic heterocycles. The molecule has 0 unspecified atom stereocenters. The standard InChI is InChI=1S/C14H13F3N6O3.HI/c15-14(16,17)8-3-1-4-9(7-8)23-12(22-25-13(23)24)10-11(21-26-20-10)19-6-2-5-18;/h1,3-4,7H,2,5-6,18H2,(H,19,21);1H. The molecular formula is C14H14F3IN6O3. The maximum atomic E-state index is 12.9. The molecule has 0 aliphatic rings. The van der Waals surface area contributed by atoms with Gasteiger partial charge in [-0.2, -0.15) is 13.2 Å². The number of nitrogens with zero attached hydrogens (tertiary/aromatic N) is 4. The van der Waals surface area contributed by atoms with E-state index in [9.17, 15) is 18.0 Å². The van der Waals surface area contributed by atoms with Gasteiger partial charge in [0.25, 0.3) is 0 Å². The molecule has 9 nitrogen and oxygen atoms in total. The van der Waals surface area contributed by atoms with Crippen LogP contribution in [0.5, 0.6) is 0 Å². The zero-order chi connectivity index (χ0) is 18.7. The molecule has 3 aromatic rings. The van der Waals surface area contributed by atoms with Gasteiger partial charge in [0.2, 0.25) is 11.6 Å². The largest absolute Gasteiger partial charge is 0.446 e. The fraction of sp³-hybridized carbons (Fsp3) is 0.286. The molecule has 0 radical (unpaired) electrons. The van der Waals surface area contributed by atoms with Crippen molar-refractivity contribution in [3.05, 3.63) is 40.4 Å². The first-order chi connectivity index (χ1) is 12.4. The van der Waals surface area contributed by atoms with Crippen molar-refractivity contribution >= 4 is 29.8 Å². The molecule has 0 saturated carbocycles. The predicted molar refractivity (Wildman–Crippen MR) is 98.0 cm³/mol. The van der Waals surface area contributed by atoms with E-state index in [2.05, 4.69) is 29.9 Å². The first-order valence-corrected chi connectivity index (χ1v) is 7.45. The van der Waals surface area contributed by atoms with Crippen molar-refractivity contribution < 1.29 is 22.3 Å². The lowest BCUT2D eigenvalue weighted by molar-refractivity contribution is -0.137. The molecule has 1 aromatic carbocycles. The van der Waals surface area contributed by atoms with Gasteiger partial charge in [0.1, 0.15) is 0 Å². The molecule has 0 amide bonds. The molecule has 0 saturated heterocycles. The highest BCUT2D eigenvalue weighted by atomic mass is 127. The van der Waals surface area contributed by atoms with Crippen LogP contribution in [0.1, 0.15) is 12.0 Å². The average Bonchev–Trinajstić information content (AvgIpc) is 3.20. The minimum atomic E-state index is -4.57. The first kappa shape index (κ1) is 20.9. The SMILES string of the molecule is I.NCCCNc1nonc1-c1noc(=O)n1-c1cccc(C(F)(F)F)c1. The number of alkyl halides is 3. The van der Waals surface area contributed by atoms with E-state index in [0.29, 0.717) is 19.5 Å². The van der Waals surface area contributed by atoms with Gasteiger partial charge in [0.05, 0.1) is 11.3 Å². The third-order valence-corrected chi connectivity index (χ3v) is 3.41. The summed E-state index contributed by atoms with van der Waals surface area (Å²) in [6.45, 7) is 0.885. The normalized spacial score (nSPS) is 11.3. The Morgan fingerprint density at radius 3 is 2.70 bits per heavy atom. The zero-order valence-electron chi connectivity index (χ0n) is 13.6. The Morgan fingerprint density at radius 2 is 2.00 bits per heavy atom. The Morgan fingerprint density at radius 1 is 1.22 bits per heavy atom. The molecule has 0 bridgehead atoms. The predicted octanol–water partition coefficient (Wildman–Crippen LogP) is 2.27. The molecule has 3 N–H and O–H groups in total. The number of halogens is 4. The third-order valence-electron chi connectivity index (χ3n) is 3.41. The van der Waals surface area contributed by atoms with Crippen LogP contribution in [0.2, 0.25) is 0 Å². The van der Waals surface area contributed by atoms with Crippen molar-refractivity contribution in [1.82, 2.24) is 20.0 Å². The summed E-state index contributed by atoms with van der Waals surface area (Å²) in [6.07, 6.45) is -3.94. The molecule has 0 atom stereocenters. The van der Waals surface area contributed by atoms with Crippen LogP contribution in [-0.4, -0.2) is 33.1 Å². The van der Waals surface area contributed by atoms with Crippen molar-refractivity contribution in [2.75, 3.05) is 18.4 Å². The minimum Gasteiger partial charge on any atom is -0.365 e. The Balaban J connectivity index is 0.00000261. The van der Waals surface area contributed by atoms with E-state index in [1.165, 1.54) is 12.1 Å². The topological polar surface area (TPSA) is 125 Å². The average molecular weight is 498 g/mol. The summed E-state index contributed by atoms with van der Waals surface area (Å²) in [7, 11) is 0. The summed E-state index contributed by atoms with van der Waals surface area (Å²) >= 11 is 0. The van der Waals surface area contributed by atoms with Crippen molar-refractivity contribution in [3.8, 4) is 17.2 Å². The Kier molecular flexibility index (Phi) is 6.59. The highest BCUT2D eigenvalue weighted by Gasteiger charge is 2.31. The van der Waals surface area contributed by atoms with E-state index < -0.39 is 17.5 Å². The number of anilines is 1. The number of hydrogen-bond acceptors (Lipinski definition) is 8. The second-order valence-corrected chi connectivity index (χ2v) is 5.19. The number of nitrogens with one attached hydrogen (secondary N) is 1. The fourth-order valence-electron chi connectivity index (χ4n) is 2.21. The molecule has 27 heavy (non-hydrogen) atoms. The summed E-state index contributed by atoms with van der Waals surface area (Å²) in [5.41, 5.74) is 4.42. The lowest BCUT2D eigenvalue weighted by Crippen LogP contribution is -2.15. The van der Waals surface area contributed by atoms with Crippen molar-refractivity contribution in [1.29, 1.82) is 0 Å². The molecule has 2 heterocycles. The molecule has 0 aliphatic carbocycles. The van der Waals surface area contributed by atoms with Crippen molar-refractivity contribution in [2.24, 2.45) is 5.73 Å². The monoisotopic (exact) mass is 498 g/mol. The van der Waals surface area contributed by atoms with Crippen LogP contribution in [0.15, 0.2) is 38.2 Å². The van der Waals surface area contributed by atoms with Gasteiger partial charge in [-0.25, -0.2) is 14.0 Å². The lowest BCUT2D eigenvalue weighted by atomic mass is 10.2. The maximum Gasteiger partial charge on any atom is 0.446 e. The zero-order valence-corrected chi connectivity index (χ0v) is 15.9. The first-order valence-electron chi connectivity index (χ1n) is 7.45. The van der Waals surface area contributed by atoms with Gasteiger partial charge in [0, 0.05) is 6.54 Å². The summed E-state index contributed by atoms with van der Waals surface area (Å²) < 4.78 is 48.9. The number of hydrogen-bond donors (Lipinski definition) is 2. The second kappa shape index (κ2) is 8.51. The highest BCUT2D eigenvalue weighted by Crippen LogP contribution is 2.31. The van der Waals surface area contributed by atoms with E-state index in [4.69, 9.17) is 5.73 Å². The van der Waals surface area contributed by atoms with Gasteiger partial charge >= 0.3 is 11.9 Å². The van der Waals surface area contributed by atoms with E-state index in [0.717, 1.165) is 16.7 Å². The second-order valence-electron chi connectivity index (χ2n) is 5.19. The number of aromatic nitrogens is 4. The van der Waals surface area contributed by atoms with Gasteiger partial charge < -0.3 is 11.1 Å². The Hall–Kier alpha value is -2.42. The van der Waals surface area contributed by atoms with Gasteiger partial charge in [-0.05, 0) is 41.5 Å². The summed E-state index contributed by atoms with van der Waals surface area (Å²) in [5, 5.41) is 13.8. The number of benzene rings is 1. The number of nitrogens with two attached hydrogens (primary N) is 1. The number of rotatable bonds is 6. The van der Waals surface area contributed by atoms with Gasteiger partial charge in [-0.3, -0.25) is 4.52 Å². The molecular weight excluding hydrogens is 484 g/mol. The molecule has 146 valence electrons. The molecule has 3 rings (SSSR count). The minimum absolute atomic E-state index is 0. The fourth-order valence-corrected chi connectivity index (χ4v) is 2.21. The van der Waals surface area contributed by atoms with Gasteiger partial charge in [-0.1, -0.05) is 11.2 Å². The summed E-state index contributed by atoms with van der Waals surface area (Å²) in [6, 6.07) is 4.17. The van der Waals surface area contributed by atoms with Crippen LogP contribution in [0.4, 0.5) is 19.0 Å². The van der Waals surface area contributed by atoms with Crippen LogP contribution in [0.3, 0.4) is 0 Å². The Labute approximate surface area is 166 Å². The molecule has 0 fully saturated rings. The van der Waals surface area contributed by atoms with E-state index in [1.54, 1.807) is 0 Å².